The first-order valence-corrected chi connectivity index (χ1v) is 5.60. The van der Waals surface area contributed by atoms with Gasteiger partial charge in [-0.2, -0.15) is 23.7 Å². The Morgan fingerprint density at radius 3 is 2.48 bits per heavy atom. The lowest BCUT2D eigenvalue weighted by Gasteiger charge is -2.13. The van der Waals surface area contributed by atoms with Crippen LogP contribution >= 0.6 is 0 Å². The molecule has 2 rings (SSSR count). The molecule has 1 aromatic carbocycles. The maximum absolute atomic E-state index is 13.0. The standard InChI is InChI=1S/C14H6F3N3O/c15-14(16,17)11-6-9(7-18)3-4-12(11)21-13-10(8-19)2-1-5-20-13/h1-6H. The summed E-state index contributed by atoms with van der Waals surface area (Å²) in [6, 6.07) is 9.15. The summed E-state index contributed by atoms with van der Waals surface area (Å²) >= 11 is 0. The van der Waals surface area contributed by atoms with Crippen molar-refractivity contribution >= 4 is 0 Å². The minimum Gasteiger partial charge on any atom is -0.437 e. The summed E-state index contributed by atoms with van der Waals surface area (Å²) in [5.74, 6) is -0.744. The summed E-state index contributed by atoms with van der Waals surface area (Å²) in [6.07, 6.45) is -3.39. The van der Waals surface area contributed by atoms with E-state index in [2.05, 4.69) is 4.98 Å². The number of hydrogen-bond acceptors (Lipinski definition) is 4. The lowest BCUT2D eigenvalue weighted by molar-refractivity contribution is -0.138. The second-order valence-electron chi connectivity index (χ2n) is 3.89. The van der Waals surface area contributed by atoms with E-state index >= 15 is 0 Å². The summed E-state index contributed by atoms with van der Waals surface area (Å²) in [4.78, 5) is 3.73. The Labute approximate surface area is 117 Å². The van der Waals surface area contributed by atoms with Gasteiger partial charge in [-0.05, 0) is 30.3 Å². The van der Waals surface area contributed by atoms with Crippen molar-refractivity contribution in [2.45, 2.75) is 6.18 Å². The van der Waals surface area contributed by atoms with Crippen LogP contribution in [0.25, 0.3) is 0 Å². The van der Waals surface area contributed by atoms with Crippen LogP contribution in [0.2, 0.25) is 0 Å². The Hall–Kier alpha value is -3.06. The van der Waals surface area contributed by atoms with Crippen molar-refractivity contribution in [2.24, 2.45) is 0 Å². The average molecular weight is 289 g/mol. The molecule has 0 aliphatic heterocycles. The monoisotopic (exact) mass is 289 g/mol. The lowest BCUT2D eigenvalue weighted by atomic mass is 10.1. The zero-order chi connectivity index (χ0) is 15.5. The van der Waals surface area contributed by atoms with Gasteiger partial charge in [-0.25, -0.2) is 4.98 Å². The minimum absolute atomic E-state index is 0.00924. The van der Waals surface area contributed by atoms with Crippen LogP contribution in [-0.2, 0) is 6.18 Å². The van der Waals surface area contributed by atoms with E-state index in [9.17, 15) is 13.2 Å². The van der Waals surface area contributed by atoms with Crippen LogP contribution in [-0.4, -0.2) is 4.98 Å². The van der Waals surface area contributed by atoms with Crippen LogP contribution in [0.3, 0.4) is 0 Å². The molecule has 21 heavy (non-hydrogen) atoms. The SMILES string of the molecule is N#Cc1ccc(Oc2ncccc2C#N)c(C(F)(F)F)c1. The normalized spacial score (nSPS) is 10.5. The second kappa shape index (κ2) is 5.51. The molecule has 0 fully saturated rings. The van der Waals surface area contributed by atoms with Crippen molar-refractivity contribution in [2.75, 3.05) is 0 Å². The molecular formula is C14H6F3N3O. The smallest absolute Gasteiger partial charge is 0.420 e. The van der Waals surface area contributed by atoms with Crippen molar-refractivity contribution in [3.8, 4) is 23.8 Å². The van der Waals surface area contributed by atoms with Crippen LogP contribution in [0.4, 0.5) is 13.2 Å². The molecule has 4 nitrogen and oxygen atoms in total. The van der Waals surface area contributed by atoms with Crippen molar-refractivity contribution in [3.05, 3.63) is 53.2 Å². The van der Waals surface area contributed by atoms with Gasteiger partial charge in [0.15, 0.2) is 0 Å². The van der Waals surface area contributed by atoms with E-state index in [1.165, 1.54) is 24.4 Å². The topological polar surface area (TPSA) is 69.7 Å². The maximum Gasteiger partial charge on any atom is 0.420 e. The van der Waals surface area contributed by atoms with Gasteiger partial charge in [0.1, 0.15) is 17.4 Å². The predicted molar refractivity (Wildman–Crippen MR) is 65.2 cm³/mol. The highest BCUT2D eigenvalue weighted by atomic mass is 19.4. The highest BCUT2D eigenvalue weighted by molar-refractivity contribution is 5.47. The first-order valence-electron chi connectivity index (χ1n) is 5.60. The Morgan fingerprint density at radius 2 is 1.86 bits per heavy atom. The molecular weight excluding hydrogens is 283 g/mol. The molecule has 0 saturated heterocycles. The molecule has 1 heterocycles. The third-order valence-corrected chi connectivity index (χ3v) is 2.51. The fourth-order valence-corrected chi connectivity index (χ4v) is 1.57. The molecule has 0 N–H and O–H groups in total. The Kier molecular flexibility index (Phi) is 3.77. The maximum atomic E-state index is 13.0. The van der Waals surface area contributed by atoms with Gasteiger partial charge in [0.2, 0.25) is 5.88 Å². The largest absolute Gasteiger partial charge is 0.437 e. The molecule has 0 radical (unpaired) electrons. The minimum atomic E-state index is -4.69. The van der Waals surface area contributed by atoms with Crippen molar-refractivity contribution in [1.29, 1.82) is 10.5 Å². The first kappa shape index (κ1) is 14.4. The fourth-order valence-electron chi connectivity index (χ4n) is 1.57. The molecule has 0 saturated carbocycles. The fraction of sp³-hybridized carbons (Fsp3) is 0.0714. The quantitative estimate of drug-likeness (QED) is 0.846. The van der Waals surface area contributed by atoms with Crippen molar-refractivity contribution in [3.63, 3.8) is 0 Å². The highest BCUT2D eigenvalue weighted by Crippen LogP contribution is 2.38. The van der Waals surface area contributed by atoms with Gasteiger partial charge in [0.05, 0.1) is 17.2 Å². The summed E-state index contributed by atoms with van der Waals surface area (Å²) in [5, 5.41) is 17.5. The molecule has 0 spiro atoms. The third kappa shape index (κ3) is 3.10. The van der Waals surface area contributed by atoms with Gasteiger partial charge < -0.3 is 4.74 Å². The number of aromatic nitrogens is 1. The summed E-state index contributed by atoms with van der Waals surface area (Å²) < 4.78 is 44.0. The molecule has 0 unspecified atom stereocenters. The lowest BCUT2D eigenvalue weighted by Crippen LogP contribution is -2.08. The van der Waals surface area contributed by atoms with E-state index < -0.39 is 17.5 Å². The molecule has 104 valence electrons. The van der Waals surface area contributed by atoms with Gasteiger partial charge in [0, 0.05) is 6.20 Å². The number of ether oxygens (including phenoxy) is 1. The molecule has 0 amide bonds. The summed E-state index contributed by atoms with van der Waals surface area (Å²) in [5.41, 5.74) is -1.23. The molecule has 0 bridgehead atoms. The number of alkyl halides is 3. The number of nitriles is 2. The molecule has 7 heteroatoms. The van der Waals surface area contributed by atoms with Crippen LogP contribution in [0.15, 0.2) is 36.5 Å². The molecule has 0 atom stereocenters. The second-order valence-corrected chi connectivity index (χ2v) is 3.89. The van der Waals surface area contributed by atoms with Crippen LogP contribution in [0.1, 0.15) is 16.7 Å². The number of pyridine rings is 1. The number of hydrogen-bond donors (Lipinski definition) is 0. The van der Waals surface area contributed by atoms with Gasteiger partial charge in [-0.3, -0.25) is 0 Å². The van der Waals surface area contributed by atoms with Gasteiger partial charge >= 0.3 is 6.18 Å². The molecule has 2 aromatic rings. The average Bonchev–Trinajstić information content (AvgIpc) is 2.47. The third-order valence-electron chi connectivity index (χ3n) is 2.51. The molecule has 1 aromatic heterocycles. The number of nitrogens with zero attached hydrogens (tertiary/aromatic N) is 3. The van der Waals surface area contributed by atoms with E-state index in [0.717, 1.165) is 6.07 Å². The van der Waals surface area contributed by atoms with Gasteiger partial charge in [-0.1, -0.05) is 0 Å². The molecule has 0 aliphatic rings. The van der Waals surface area contributed by atoms with Crippen LogP contribution in [0, 0.1) is 22.7 Å². The Morgan fingerprint density at radius 1 is 1.10 bits per heavy atom. The highest BCUT2D eigenvalue weighted by Gasteiger charge is 2.35. The molecule has 0 aliphatic carbocycles. The van der Waals surface area contributed by atoms with Crippen molar-refractivity contribution < 1.29 is 17.9 Å². The van der Waals surface area contributed by atoms with E-state index in [-0.39, 0.29) is 17.0 Å². The Balaban J connectivity index is 2.50. The number of halogens is 3. The Bertz CT molecular complexity index is 757. The van der Waals surface area contributed by atoms with E-state index in [1.807, 2.05) is 0 Å². The van der Waals surface area contributed by atoms with Gasteiger partial charge in [-0.15, -0.1) is 0 Å². The zero-order valence-electron chi connectivity index (χ0n) is 10.3. The van der Waals surface area contributed by atoms with Gasteiger partial charge in [0.25, 0.3) is 0 Å². The number of benzene rings is 1. The van der Waals surface area contributed by atoms with Crippen LogP contribution < -0.4 is 4.74 Å². The summed E-state index contributed by atoms with van der Waals surface area (Å²) in [6.45, 7) is 0. The number of rotatable bonds is 2. The first-order chi connectivity index (χ1) is 9.95. The van der Waals surface area contributed by atoms with Crippen molar-refractivity contribution in [1.82, 2.24) is 4.98 Å². The van der Waals surface area contributed by atoms with E-state index in [1.54, 1.807) is 12.1 Å². The summed E-state index contributed by atoms with van der Waals surface area (Å²) in [7, 11) is 0. The van der Waals surface area contributed by atoms with E-state index in [4.69, 9.17) is 15.3 Å². The van der Waals surface area contributed by atoms with E-state index in [0.29, 0.717) is 6.07 Å². The van der Waals surface area contributed by atoms with Crippen LogP contribution in [0.5, 0.6) is 11.6 Å². The zero-order valence-corrected chi connectivity index (χ0v) is 10.3. The predicted octanol–water partition coefficient (Wildman–Crippen LogP) is 3.64.